The lowest BCUT2D eigenvalue weighted by molar-refractivity contribution is 0.0934. The Balaban J connectivity index is 1.73. The van der Waals surface area contributed by atoms with Gasteiger partial charge in [0.25, 0.3) is 5.91 Å². The van der Waals surface area contributed by atoms with E-state index in [2.05, 4.69) is 34.6 Å². The van der Waals surface area contributed by atoms with Gasteiger partial charge < -0.3 is 15.5 Å². The van der Waals surface area contributed by atoms with Crippen molar-refractivity contribution in [2.24, 2.45) is 11.7 Å². The third-order valence-corrected chi connectivity index (χ3v) is 4.38. The monoisotopic (exact) mass is 337 g/mol. The second-order valence-electron chi connectivity index (χ2n) is 6.64. The van der Waals surface area contributed by atoms with Crippen LogP contribution >= 0.6 is 0 Å². The molecule has 0 radical (unpaired) electrons. The zero-order valence-corrected chi connectivity index (χ0v) is 14.7. The zero-order valence-electron chi connectivity index (χ0n) is 14.7. The fraction of sp³-hybridized carbons (Fsp3) is 0.300. The molecule has 2 aromatic carbocycles. The van der Waals surface area contributed by atoms with Crippen LogP contribution in [0.1, 0.15) is 54.8 Å². The van der Waals surface area contributed by atoms with E-state index in [1.54, 1.807) is 0 Å². The molecule has 0 bridgehead atoms. The smallest absolute Gasteiger partial charge is 0.273 e. The van der Waals surface area contributed by atoms with Gasteiger partial charge in [-0.2, -0.15) is 0 Å². The molecule has 0 fully saturated rings. The van der Waals surface area contributed by atoms with Gasteiger partial charge in [-0.05, 0) is 35.2 Å². The van der Waals surface area contributed by atoms with Crippen LogP contribution in [-0.2, 0) is 0 Å². The van der Waals surface area contributed by atoms with E-state index in [4.69, 9.17) is 10.2 Å². The lowest BCUT2D eigenvalue weighted by Gasteiger charge is -2.14. The number of carbonyl (C=O) groups excluding carboxylic acids is 1. The molecule has 0 aliphatic carbocycles. The Hall–Kier alpha value is -2.66. The number of rotatable bonds is 5. The Labute approximate surface area is 147 Å². The van der Waals surface area contributed by atoms with Gasteiger partial charge in [0, 0.05) is 0 Å². The molecule has 2 atom stereocenters. The molecule has 0 saturated heterocycles. The van der Waals surface area contributed by atoms with Crippen molar-refractivity contribution in [3.63, 3.8) is 0 Å². The summed E-state index contributed by atoms with van der Waals surface area (Å²) in [7, 11) is 0. The van der Waals surface area contributed by atoms with Crippen molar-refractivity contribution in [2.45, 2.75) is 32.9 Å². The number of aromatic nitrogens is 1. The van der Waals surface area contributed by atoms with E-state index >= 15 is 0 Å². The molecule has 25 heavy (non-hydrogen) atoms. The number of fused-ring (bicyclic) bond motifs is 1. The predicted molar refractivity (Wildman–Crippen MR) is 98.1 cm³/mol. The summed E-state index contributed by atoms with van der Waals surface area (Å²) in [6.07, 6.45) is 1.36. The largest absolute Gasteiger partial charge is 0.446 e. The van der Waals surface area contributed by atoms with E-state index < -0.39 is 0 Å². The molecular formula is C20H23N3O2. The molecule has 1 aromatic heterocycles. The SMILES string of the molecule is CC(NC(=O)c1coc(C(N)C(C)C)n1)c1ccc2ccccc2c1. The molecule has 0 saturated carbocycles. The molecule has 1 amide bonds. The summed E-state index contributed by atoms with van der Waals surface area (Å²) >= 11 is 0. The standard InChI is InChI=1S/C20H23N3O2/c1-12(2)18(21)20-23-17(11-25-20)19(24)22-13(3)15-9-8-14-6-4-5-7-16(14)10-15/h4-13,18H,21H2,1-3H3,(H,22,24). The van der Waals surface area contributed by atoms with Gasteiger partial charge >= 0.3 is 0 Å². The molecular weight excluding hydrogens is 314 g/mol. The van der Waals surface area contributed by atoms with Gasteiger partial charge in [-0.1, -0.05) is 50.2 Å². The van der Waals surface area contributed by atoms with Crippen LogP contribution in [0.15, 0.2) is 53.1 Å². The predicted octanol–water partition coefficient (Wildman–Crippen LogP) is 3.97. The van der Waals surface area contributed by atoms with Crippen LogP contribution in [0.4, 0.5) is 0 Å². The summed E-state index contributed by atoms with van der Waals surface area (Å²) in [6, 6.07) is 13.8. The summed E-state index contributed by atoms with van der Waals surface area (Å²) in [5.74, 6) is 0.302. The minimum absolute atomic E-state index is 0.143. The highest BCUT2D eigenvalue weighted by molar-refractivity contribution is 5.92. The highest BCUT2D eigenvalue weighted by Gasteiger charge is 2.20. The number of hydrogen-bond acceptors (Lipinski definition) is 4. The maximum atomic E-state index is 12.4. The normalized spacial score (nSPS) is 13.8. The molecule has 0 spiro atoms. The second-order valence-corrected chi connectivity index (χ2v) is 6.64. The molecule has 0 aliphatic rings. The van der Waals surface area contributed by atoms with Gasteiger partial charge in [0.1, 0.15) is 6.26 Å². The van der Waals surface area contributed by atoms with Crippen LogP contribution in [-0.4, -0.2) is 10.9 Å². The minimum atomic E-state index is -0.320. The number of amides is 1. The first-order valence-corrected chi connectivity index (χ1v) is 8.46. The number of hydrogen-bond donors (Lipinski definition) is 2. The van der Waals surface area contributed by atoms with E-state index in [9.17, 15) is 4.79 Å². The molecule has 0 aliphatic heterocycles. The van der Waals surface area contributed by atoms with Gasteiger partial charge in [-0.3, -0.25) is 4.79 Å². The number of nitrogens with one attached hydrogen (secondary N) is 1. The average Bonchev–Trinajstić information content (AvgIpc) is 3.10. The summed E-state index contributed by atoms with van der Waals surface area (Å²) in [5.41, 5.74) is 7.29. The van der Waals surface area contributed by atoms with Gasteiger partial charge in [-0.25, -0.2) is 4.98 Å². The first kappa shape index (κ1) is 17.2. The van der Waals surface area contributed by atoms with Crippen molar-refractivity contribution in [1.29, 1.82) is 0 Å². The Morgan fingerprint density at radius 2 is 1.84 bits per heavy atom. The lowest BCUT2D eigenvalue weighted by Crippen LogP contribution is -2.27. The maximum Gasteiger partial charge on any atom is 0.273 e. The van der Waals surface area contributed by atoms with Crippen LogP contribution in [0.25, 0.3) is 10.8 Å². The van der Waals surface area contributed by atoms with E-state index in [0.717, 1.165) is 10.9 Å². The number of carbonyl (C=O) groups is 1. The van der Waals surface area contributed by atoms with E-state index in [0.29, 0.717) is 5.89 Å². The van der Waals surface area contributed by atoms with E-state index in [-0.39, 0.29) is 29.6 Å². The third kappa shape index (κ3) is 3.72. The summed E-state index contributed by atoms with van der Waals surface area (Å²) in [4.78, 5) is 16.6. The number of nitrogens with two attached hydrogens (primary N) is 1. The van der Waals surface area contributed by atoms with Gasteiger partial charge in [-0.15, -0.1) is 0 Å². The topological polar surface area (TPSA) is 81.2 Å². The average molecular weight is 337 g/mol. The molecule has 2 unspecified atom stereocenters. The van der Waals surface area contributed by atoms with Crippen molar-refractivity contribution < 1.29 is 9.21 Å². The summed E-state index contributed by atoms with van der Waals surface area (Å²) < 4.78 is 5.36. The molecule has 130 valence electrons. The maximum absolute atomic E-state index is 12.4. The Kier molecular flexibility index (Phi) is 4.86. The molecule has 5 heteroatoms. The van der Waals surface area contributed by atoms with E-state index in [1.807, 2.05) is 39.0 Å². The molecule has 3 rings (SSSR count). The van der Waals surface area contributed by atoms with Crippen LogP contribution in [0.5, 0.6) is 0 Å². The summed E-state index contributed by atoms with van der Waals surface area (Å²) in [5, 5.41) is 5.28. The number of benzene rings is 2. The van der Waals surface area contributed by atoms with Crippen molar-refractivity contribution in [1.82, 2.24) is 10.3 Å². The molecule has 3 N–H and O–H groups in total. The fourth-order valence-electron chi connectivity index (χ4n) is 2.66. The fourth-order valence-corrected chi connectivity index (χ4v) is 2.66. The van der Waals surface area contributed by atoms with Crippen LogP contribution < -0.4 is 11.1 Å². The second kappa shape index (κ2) is 7.07. The van der Waals surface area contributed by atoms with Crippen LogP contribution in [0.3, 0.4) is 0 Å². The minimum Gasteiger partial charge on any atom is -0.446 e. The third-order valence-electron chi connectivity index (χ3n) is 4.38. The van der Waals surface area contributed by atoms with Crippen molar-refractivity contribution >= 4 is 16.7 Å². The first-order valence-electron chi connectivity index (χ1n) is 8.46. The van der Waals surface area contributed by atoms with Gasteiger partial charge in [0.15, 0.2) is 5.69 Å². The van der Waals surface area contributed by atoms with Gasteiger partial charge in [0.2, 0.25) is 5.89 Å². The Bertz CT molecular complexity index is 885. The van der Waals surface area contributed by atoms with Crippen molar-refractivity contribution in [3.8, 4) is 0 Å². The quantitative estimate of drug-likeness (QED) is 0.738. The zero-order chi connectivity index (χ0) is 18.0. The first-order chi connectivity index (χ1) is 12.0. The highest BCUT2D eigenvalue weighted by Crippen LogP contribution is 2.21. The molecule has 1 heterocycles. The van der Waals surface area contributed by atoms with Crippen molar-refractivity contribution in [2.75, 3.05) is 0 Å². The Morgan fingerprint density at radius 3 is 2.56 bits per heavy atom. The number of oxazole rings is 1. The van der Waals surface area contributed by atoms with Crippen LogP contribution in [0, 0.1) is 5.92 Å². The molecule has 5 nitrogen and oxygen atoms in total. The molecule has 3 aromatic rings. The number of nitrogens with zero attached hydrogens (tertiary/aromatic N) is 1. The summed E-state index contributed by atoms with van der Waals surface area (Å²) in [6.45, 7) is 5.91. The highest BCUT2D eigenvalue weighted by atomic mass is 16.3. The van der Waals surface area contributed by atoms with Crippen LogP contribution in [0.2, 0.25) is 0 Å². The Morgan fingerprint density at radius 1 is 1.12 bits per heavy atom. The van der Waals surface area contributed by atoms with Crippen molar-refractivity contribution in [3.05, 3.63) is 65.9 Å². The van der Waals surface area contributed by atoms with Gasteiger partial charge in [0.05, 0.1) is 12.1 Å². The lowest BCUT2D eigenvalue weighted by atomic mass is 10.0. The van der Waals surface area contributed by atoms with E-state index in [1.165, 1.54) is 11.6 Å².